The van der Waals surface area contributed by atoms with Crippen LogP contribution in [0.3, 0.4) is 0 Å². The van der Waals surface area contributed by atoms with Crippen LogP contribution in [-0.2, 0) is 55.3 Å². The SMILES string of the molecule is CCOc1ccc(CO)cc1.CCOc1ccc(Cc2ccc(C)cc2C)c(NF)c1.CCOc1ccc2c(c1)Oc1ccccc1C2NF.CNC(=O)CCCOc1ccc(CO)c(C)c1.COC.COC.Cc1ccc(CNC(=O)c2ccc(S(N)(=O)=O)cc2)cc1.[2H]c1ccccc1C(Cl)(c1ccccc1)c1ccc(C)cc1. The summed E-state index contributed by atoms with van der Waals surface area (Å²) in [6.07, 6.45) is 1.87. The molecule has 2 unspecified atom stereocenters. The summed E-state index contributed by atoms with van der Waals surface area (Å²) in [4.78, 5) is 22.1. The molecule has 0 fully saturated rings. The van der Waals surface area contributed by atoms with E-state index < -0.39 is 20.9 Å². The first-order valence-corrected chi connectivity index (χ1v) is 39.3. The molecule has 1 heterocycles. The molecule has 0 spiro atoms. The highest BCUT2D eigenvalue weighted by Gasteiger charge is 2.34. The number of fused-ring (bicyclic) bond motifs is 2. The molecule has 12 rings (SSSR count). The molecule has 11 aromatic rings. The van der Waals surface area contributed by atoms with Gasteiger partial charge in [0.2, 0.25) is 15.9 Å². The van der Waals surface area contributed by atoms with E-state index in [2.05, 4.69) is 71.2 Å². The highest BCUT2D eigenvalue weighted by molar-refractivity contribution is 7.89. The summed E-state index contributed by atoms with van der Waals surface area (Å²) in [7, 11) is 4.39. The number of aryl methyl sites for hydroxylation is 5. The molecule has 22 heteroatoms. The number of methoxy groups -OCH3 is 2. The first-order chi connectivity index (χ1) is 55.8. The third-order valence-electron chi connectivity index (χ3n) is 17.3. The Morgan fingerprint density at radius 3 is 1.59 bits per heavy atom. The summed E-state index contributed by atoms with van der Waals surface area (Å²) in [6, 6.07) is 76.6. The number of ether oxygens (including phenoxy) is 7. The zero-order valence-electron chi connectivity index (χ0n) is 68.8. The van der Waals surface area contributed by atoms with Crippen molar-refractivity contribution in [2.45, 2.75) is 110 Å². The molecule has 0 aliphatic carbocycles. The average Bonchev–Trinajstić information content (AvgIpc) is 0.743. The summed E-state index contributed by atoms with van der Waals surface area (Å²) >= 11 is 7.15. The van der Waals surface area contributed by atoms with Crippen molar-refractivity contribution in [1.82, 2.24) is 16.2 Å². The Morgan fingerprint density at radius 2 is 1.03 bits per heavy atom. The summed E-state index contributed by atoms with van der Waals surface area (Å²) < 4.78 is 92.5. The number of anilines is 1. The molecule has 8 N–H and O–H groups in total. The van der Waals surface area contributed by atoms with Gasteiger partial charge in [0.15, 0.2) is 0 Å². The van der Waals surface area contributed by atoms with Crippen molar-refractivity contribution in [2.24, 2.45) is 5.14 Å². The number of nitrogens with two attached hydrogens (primary N) is 1. The molecule has 2 atom stereocenters. The van der Waals surface area contributed by atoms with Gasteiger partial charge >= 0.3 is 0 Å². The molecular formula is C93H110ClF2N5O13S. The second-order valence-corrected chi connectivity index (χ2v) is 28.2. The fraction of sp³-hybridized carbons (Fsp3) is 0.269. The molecular weight excluding hydrogens is 1500 g/mol. The van der Waals surface area contributed by atoms with Crippen LogP contribution in [0.15, 0.2) is 260 Å². The summed E-state index contributed by atoms with van der Waals surface area (Å²) in [5, 5.41) is 28.1. The van der Waals surface area contributed by atoms with Crippen LogP contribution in [0.4, 0.5) is 14.6 Å². The third kappa shape index (κ3) is 31.4. The zero-order chi connectivity index (χ0) is 85.0. The van der Waals surface area contributed by atoms with Crippen molar-refractivity contribution in [3.05, 3.63) is 344 Å². The molecule has 1 aliphatic rings. The molecule has 0 radical (unpaired) electrons. The van der Waals surface area contributed by atoms with Gasteiger partial charge in [-0.25, -0.2) is 19.1 Å². The number of aliphatic hydroxyl groups excluding tert-OH is 2. The van der Waals surface area contributed by atoms with Crippen molar-refractivity contribution < 1.29 is 71.7 Å². The van der Waals surface area contributed by atoms with E-state index >= 15 is 0 Å². The number of hydrogen-bond donors (Lipinski definition) is 7. The molecule has 18 nitrogen and oxygen atoms in total. The van der Waals surface area contributed by atoms with Crippen LogP contribution in [0.5, 0.6) is 34.5 Å². The number of aliphatic hydroxyl groups is 2. The van der Waals surface area contributed by atoms with Gasteiger partial charge in [0.05, 0.1) is 57.6 Å². The van der Waals surface area contributed by atoms with Gasteiger partial charge in [-0.3, -0.25) is 9.59 Å². The average molecular weight is 1610 g/mol. The predicted octanol–water partition coefficient (Wildman–Crippen LogP) is 18.9. The lowest BCUT2D eigenvalue weighted by Crippen LogP contribution is -2.23. The number of rotatable bonds is 24. The van der Waals surface area contributed by atoms with E-state index in [-0.39, 0.29) is 29.9 Å². The number of carbonyl (C=O) groups is 2. The molecule has 0 aromatic heterocycles. The van der Waals surface area contributed by atoms with E-state index in [0.29, 0.717) is 86.8 Å². The maximum Gasteiger partial charge on any atom is 0.251 e. The Balaban J connectivity index is 0.000000247. The highest BCUT2D eigenvalue weighted by Crippen LogP contribution is 2.45. The summed E-state index contributed by atoms with van der Waals surface area (Å²) in [5.41, 5.74) is 19.5. The number of halogens is 3. The van der Waals surface area contributed by atoms with Crippen molar-refractivity contribution in [1.29, 1.82) is 0 Å². The number of sulfonamides is 1. The van der Waals surface area contributed by atoms with Gasteiger partial charge in [-0.2, -0.15) is 0 Å². The number of para-hydroxylation sites is 1. The van der Waals surface area contributed by atoms with Gasteiger partial charge in [0.25, 0.3) is 5.91 Å². The smallest absolute Gasteiger partial charge is 0.251 e. The molecule has 11 aromatic carbocycles. The largest absolute Gasteiger partial charge is 0.494 e. The van der Waals surface area contributed by atoms with Crippen LogP contribution in [-0.4, -0.2) is 92.4 Å². The van der Waals surface area contributed by atoms with Crippen molar-refractivity contribution >= 4 is 39.1 Å². The number of amides is 2. The molecule has 612 valence electrons. The second kappa shape index (κ2) is 51.0. The lowest BCUT2D eigenvalue weighted by atomic mass is 9.84. The van der Waals surface area contributed by atoms with Gasteiger partial charge in [0, 0.05) is 77.3 Å². The number of alkyl halides is 1. The molecule has 1 aliphatic heterocycles. The number of hydrogen-bond acceptors (Lipinski definition) is 15. The molecule has 0 saturated carbocycles. The van der Waals surface area contributed by atoms with Gasteiger partial charge in [-0.05, 0) is 197 Å². The molecule has 115 heavy (non-hydrogen) atoms. The third-order valence-corrected chi connectivity index (χ3v) is 18.8. The number of carbonyl (C=O) groups excluding carboxylic acids is 2. The fourth-order valence-corrected chi connectivity index (χ4v) is 12.2. The Labute approximate surface area is 684 Å². The molecule has 0 bridgehead atoms. The Hall–Kier alpha value is -11.0. The summed E-state index contributed by atoms with van der Waals surface area (Å²) in [5.74, 6) is 4.08. The fourth-order valence-electron chi connectivity index (χ4n) is 11.3. The second-order valence-electron chi connectivity index (χ2n) is 26.1. The first-order valence-electron chi connectivity index (χ1n) is 37.9. The Morgan fingerprint density at radius 1 is 0.539 bits per heavy atom. The van der Waals surface area contributed by atoms with Crippen molar-refractivity contribution in [3.8, 4) is 34.5 Å². The minimum Gasteiger partial charge on any atom is -0.494 e. The Kier molecular flexibility index (Phi) is 41.2. The van der Waals surface area contributed by atoms with Gasteiger partial charge in [-0.15, -0.1) is 26.1 Å². The van der Waals surface area contributed by atoms with Crippen molar-refractivity contribution in [2.75, 3.05) is 67.5 Å². The molecule has 2 amide bonds. The maximum atomic E-state index is 13.1. The normalized spacial score (nSPS) is 11.9. The van der Waals surface area contributed by atoms with E-state index in [9.17, 15) is 27.0 Å². The van der Waals surface area contributed by atoms with Crippen LogP contribution in [0.2, 0.25) is 0 Å². The number of nitrogens with one attached hydrogen (secondary N) is 4. The lowest BCUT2D eigenvalue weighted by molar-refractivity contribution is -0.120. The van der Waals surface area contributed by atoms with Gasteiger partial charge < -0.3 is 54.0 Å². The van der Waals surface area contributed by atoms with Crippen LogP contribution < -0.4 is 50.5 Å². The van der Waals surface area contributed by atoms with E-state index in [4.69, 9.17) is 52.0 Å². The predicted molar refractivity (Wildman–Crippen MR) is 457 cm³/mol. The van der Waals surface area contributed by atoms with E-state index in [0.717, 1.165) is 78.4 Å². The Bertz CT molecular complexity index is 4860. The highest BCUT2D eigenvalue weighted by atomic mass is 35.5. The minimum absolute atomic E-state index is 0.0161. The monoisotopic (exact) mass is 1610 g/mol. The molecule has 0 saturated heterocycles. The standard InChI is InChI=1S/C20H17Cl.C17H20FNO.C15H14FNO2.C15H16N2O3S.C13H19NO3.C9H12O2.2C2H6O/c1-16-12-14-19(15-13-16)20(21,17-8-4-2-5-9-17)18-10-6-3-7-11-18;1-4-20-16-8-7-15(17(11-16)19-18)10-14-6-5-12(2)9-13(14)3;1-2-18-10-7-8-12-14(9-10)19-13-6-4-3-5-11(13)15(12)17-16;1-11-2-4-12(5-3-11)10-17-15(18)13-6-8-14(9-7-13)21(16,19)20;1-10-8-12(6-5-11(10)9-15)17-7-3-4-13(16)14-2;1-2-11-9-5-3-8(7-10)4-6-9;2*1-3-2/h2-15H,1H3;5-9,11,19H,4,10H2,1-3H3;3-9,15,17H,2H2,1H3;2-9H,10H2,1H3,(H,17,18)(H2,16,19,20);5-6,8,15H,3-4,7,9H2,1-2H3,(H,14,16);3-6,10H,2,7H2,1H3;2*1-2H3/i8D;;;;;;;. The van der Waals surface area contributed by atoms with Gasteiger partial charge in [-0.1, -0.05) is 187 Å². The van der Waals surface area contributed by atoms with Crippen LogP contribution in [0, 0.1) is 34.6 Å². The minimum atomic E-state index is -3.74. The van der Waals surface area contributed by atoms with Crippen LogP contribution >= 0.6 is 11.6 Å². The summed E-state index contributed by atoms with van der Waals surface area (Å²) in [6.45, 7) is 18.8. The quantitative estimate of drug-likeness (QED) is 0.0129. The number of primary sulfonamides is 1. The van der Waals surface area contributed by atoms with Crippen LogP contribution in [0.1, 0.15) is 135 Å². The van der Waals surface area contributed by atoms with Crippen LogP contribution in [0.25, 0.3) is 0 Å². The topological polar surface area (TPSA) is 247 Å². The van der Waals surface area contributed by atoms with Gasteiger partial charge in [0.1, 0.15) is 39.4 Å². The van der Waals surface area contributed by atoms with E-state index in [1.807, 2.05) is 216 Å². The maximum absolute atomic E-state index is 13.1. The lowest BCUT2D eigenvalue weighted by Gasteiger charge is -2.29. The zero-order valence-corrected chi connectivity index (χ0v) is 69.4. The van der Waals surface area contributed by atoms with Crippen molar-refractivity contribution in [3.63, 3.8) is 0 Å². The van der Waals surface area contributed by atoms with E-state index in [1.54, 1.807) is 59.2 Å². The van der Waals surface area contributed by atoms with E-state index in [1.165, 1.54) is 46.5 Å². The first kappa shape index (κ1) is 92.9. The number of benzene rings is 11.